The first-order chi connectivity index (χ1) is 13.0. The molecule has 1 N–H and O–H groups in total. The van der Waals surface area contributed by atoms with Gasteiger partial charge in [0.25, 0.3) is 5.91 Å². The zero-order valence-corrected chi connectivity index (χ0v) is 15.3. The number of para-hydroxylation sites is 1. The van der Waals surface area contributed by atoms with Crippen molar-refractivity contribution in [2.75, 3.05) is 13.7 Å². The van der Waals surface area contributed by atoms with Crippen LogP contribution in [0.25, 0.3) is 5.65 Å². The van der Waals surface area contributed by atoms with Crippen molar-refractivity contribution in [3.63, 3.8) is 0 Å². The molecular formula is C19H20N4O4. The van der Waals surface area contributed by atoms with Crippen LogP contribution in [0.1, 0.15) is 34.7 Å². The van der Waals surface area contributed by atoms with Gasteiger partial charge in [-0.05, 0) is 32.0 Å². The lowest BCUT2D eigenvalue weighted by molar-refractivity contribution is -0.124. The molecule has 0 bridgehead atoms. The Kier molecular flexibility index (Phi) is 5.35. The fraction of sp³-hybridized carbons (Fsp3) is 0.263. The van der Waals surface area contributed by atoms with Crippen LogP contribution in [0.5, 0.6) is 5.75 Å². The minimum Gasteiger partial charge on any atom is -0.496 e. The van der Waals surface area contributed by atoms with Crippen LogP contribution in [0, 0.1) is 6.92 Å². The summed E-state index contributed by atoms with van der Waals surface area (Å²) >= 11 is 0. The Balaban J connectivity index is 1.59. The number of rotatable bonds is 6. The molecule has 0 fully saturated rings. The van der Waals surface area contributed by atoms with Crippen molar-refractivity contribution in [1.29, 1.82) is 0 Å². The number of methoxy groups -OCH3 is 1. The number of carbonyl (C=O) groups excluding carboxylic acids is 2. The van der Waals surface area contributed by atoms with Crippen LogP contribution >= 0.6 is 0 Å². The highest BCUT2D eigenvalue weighted by Gasteiger charge is 2.16. The smallest absolute Gasteiger partial charge is 0.340 e. The largest absolute Gasteiger partial charge is 0.496 e. The predicted octanol–water partition coefficient (Wildman–Crippen LogP) is 2.08. The second-order valence-corrected chi connectivity index (χ2v) is 6.00. The molecule has 8 nitrogen and oxygen atoms in total. The number of fused-ring (bicyclic) bond motifs is 1. The van der Waals surface area contributed by atoms with Gasteiger partial charge in [0.05, 0.1) is 18.7 Å². The number of nitrogens with one attached hydrogen (secondary N) is 1. The number of carbonyl (C=O) groups is 2. The average molecular weight is 368 g/mol. The van der Waals surface area contributed by atoms with E-state index in [4.69, 9.17) is 9.47 Å². The van der Waals surface area contributed by atoms with E-state index in [0.717, 1.165) is 5.56 Å². The van der Waals surface area contributed by atoms with Crippen molar-refractivity contribution in [3.05, 3.63) is 59.5 Å². The number of ether oxygens (including phenoxy) is 2. The molecule has 1 atom stereocenters. The van der Waals surface area contributed by atoms with Crippen molar-refractivity contribution >= 4 is 17.5 Å². The van der Waals surface area contributed by atoms with Gasteiger partial charge in [-0.2, -0.15) is 0 Å². The van der Waals surface area contributed by atoms with E-state index in [1.165, 1.54) is 0 Å². The van der Waals surface area contributed by atoms with E-state index < -0.39 is 11.9 Å². The van der Waals surface area contributed by atoms with Crippen LogP contribution in [0.2, 0.25) is 0 Å². The maximum absolute atomic E-state index is 12.2. The maximum Gasteiger partial charge on any atom is 0.340 e. The number of aromatic nitrogens is 3. The number of benzene rings is 1. The number of aryl methyl sites for hydroxylation is 1. The van der Waals surface area contributed by atoms with E-state index in [1.807, 2.05) is 31.2 Å². The van der Waals surface area contributed by atoms with Gasteiger partial charge < -0.3 is 14.8 Å². The average Bonchev–Trinajstić information content (AvgIpc) is 3.06. The molecule has 0 saturated carbocycles. The van der Waals surface area contributed by atoms with Gasteiger partial charge in [0, 0.05) is 11.8 Å². The van der Waals surface area contributed by atoms with Gasteiger partial charge in [-0.15, -0.1) is 10.2 Å². The minimum atomic E-state index is -0.593. The van der Waals surface area contributed by atoms with Crippen LogP contribution in [-0.4, -0.2) is 40.2 Å². The lowest BCUT2D eigenvalue weighted by Gasteiger charge is -2.17. The molecule has 1 amide bonds. The van der Waals surface area contributed by atoms with Crippen molar-refractivity contribution in [2.24, 2.45) is 0 Å². The zero-order valence-electron chi connectivity index (χ0n) is 15.3. The van der Waals surface area contributed by atoms with Gasteiger partial charge in [0.2, 0.25) is 0 Å². The first kappa shape index (κ1) is 18.4. The number of amides is 1. The first-order valence-corrected chi connectivity index (χ1v) is 8.40. The molecule has 8 heteroatoms. The van der Waals surface area contributed by atoms with Crippen molar-refractivity contribution in [3.8, 4) is 5.75 Å². The summed E-state index contributed by atoms with van der Waals surface area (Å²) in [6.45, 7) is 3.24. The maximum atomic E-state index is 12.2. The third kappa shape index (κ3) is 4.05. The Bertz CT molecular complexity index is 983. The Morgan fingerprint density at radius 1 is 1.19 bits per heavy atom. The zero-order chi connectivity index (χ0) is 19.4. The Morgan fingerprint density at radius 2 is 1.96 bits per heavy atom. The van der Waals surface area contributed by atoms with Gasteiger partial charge in [0.15, 0.2) is 12.3 Å². The molecule has 0 aliphatic carbocycles. The third-order valence-electron chi connectivity index (χ3n) is 4.13. The summed E-state index contributed by atoms with van der Waals surface area (Å²) in [6.07, 6.45) is 1.59. The van der Waals surface area contributed by atoms with E-state index in [1.54, 1.807) is 36.8 Å². The standard InChI is InChI=1S/C19H20N4O4/c1-12(15-6-4-5-7-16(15)26-3)20-18(24)11-27-19(25)14-8-9-17-22-21-13(2)23(17)10-14/h4-10,12H,11H2,1-3H3,(H,20,24). The van der Waals surface area contributed by atoms with Crippen LogP contribution in [0.15, 0.2) is 42.6 Å². The SMILES string of the molecule is COc1ccccc1C(C)NC(=O)COC(=O)c1ccc2nnc(C)n2c1. The van der Waals surface area contributed by atoms with Gasteiger partial charge in [-0.1, -0.05) is 18.2 Å². The second-order valence-electron chi connectivity index (χ2n) is 6.00. The Labute approximate surface area is 156 Å². The van der Waals surface area contributed by atoms with E-state index in [2.05, 4.69) is 15.5 Å². The fourth-order valence-corrected chi connectivity index (χ4v) is 2.73. The van der Waals surface area contributed by atoms with Crippen LogP contribution in [0.3, 0.4) is 0 Å². The summed E-state index contributed by atoms with van der Waals surface area (Å²) in [5.74, 6) is 0.344. The topological polar surface area (TPSA) is 94.8 Å². The Hall–Kier alpha value is -3.42. The molecular weight excluding hydrogens is 348 g/mol. The minimum absolute atomic E-state index is 0.289. The quantitative estimate of drug-likeness (QED) is 0.670. The predicted molar refractivity (Wildman–Crippen MR) is 97.6 cm³/mol. The molecule has 0 spiro atoms. The summed E-state index contributed by atoms with van der Waals surface area (Å²) in [5, 5.41) is 10.7. The van der Waals surface area contributed by atoms with E-state index in [9.17, 15) is 9.59 Å². The Morgan fingerprint density at radius 3 is 2.74 bits per heavy atom. The molecule has 0 saturated heterocycles. The summed E-state index contributed by atoms with van der Waals surface area (Å²) in [4.78, 5) is 24.3. The highest BCUT2D eigenvalue weighted by Crippen LogP contribution is 2.24. The van der Waals surface area contributed by atoms with Crippen molar-refractivity contribution < 1.29 is 19.1 Å². The molecule has 1 aromatic carbocycles. The first-order valence-electron chi connectivity index (χ1n) is 8.40. The summed E-state index contributed by atoms with van der Waals surface area (Å²) in [6, 6.07) is 10.4. The summed E-state index contributed by atoms with van der Waals surface area (Å²) in [7, 11) is 1.57. The molecule has 2 heterocycles. The van der Waals surface area contributed by atoms with Gasteiger partial charge in [-0.3, -0.25) is 9.20 Å². The molecule has 3 rings (SSSR count). The number of pyridine rings is 1. The lowest BCUT2D eigenvalue weighted by Crippen LogP contribution is -2.31. The van der Waals surface area contributed by atoms with Crippen LogP contribution < -0.4 is 10.1 Å². The highest BCUT2D eigenvalue weighted by molar-refractivity contribution is 5.91. The van der Waals surface area contributed by atoms with E-state index in [-0.39, 0.29) is 12.6 Å². The number of hydrogen-bond donors (Lipinski definition) is 1. The monoisotopic (exact) mass is 368 g/mol. The lowest BCUT2D eigenvalue weighted by atomic mass is 10.1. The summed E-state index contributed by atoms with van der Waals surface area (Å²) in [5.41, 5.74) is 1.79. The number of hydrogen-bond acceptors (Lipinski definition) is 6. The van der Waals surface area contributed by atoms with Gasteiger partial charge in [-0.25, -0.2) is 4.79 Å². The molecule has 2 aromatic heterocycles. The highest BCUT2D eigenvalue weighted by atomic mass is 16.5. The van der Waals surface area contributed by atoms with E-state index in [0.29, 0.717) is 22.8 Å². The molecule has 140 valence electrons. The summed E-state index contributed by atoms with van der Waals surface area (Å²) < 4.78 is 12.1. The molecule has 0 radical (unpaired) electrons. The number of nitrogens with zero attached hydrogens (tertiary/aromatic N) is 3. The molecule has 0 aliphatic rings. The third-order valence-corrected chi connectivity index (χ3v) is 4.13. The second kappa shape index (κ2) is 7.86. The van der Waals surface area contributed by atoms with Gasteiger partial charge in [0.1, 0.15) is 11.6 Å². The molecule has 0 aliphatic heterocycles. The number of esters is 1. The van der Waals surface area contributed by atoms with E-state index >= 15 is 0 Å². The normalized spacial score (nSPS) is 11.8. The van der Waals surface area contributed by atoms with Crippen LogP contribution in [-0.2, 0) is 9.53 Å². The fourth-order valence-electron chi connectivity index (χ4n) is 2.73. The molecule has 27 heavy (non-hydrogen) atoms. The van der Waals surface area contributed by atoms with Gasteiger partial charge >= 0.3 is 5.97 Å². The molecule has 1 unspecified atom stereocenters. The van der Waals surface area contributed by atoms with Crippen molar-refractivity contribution in [2.45, 2.75) is 19.9 Å². The molecule has 3 aromatic rings. The van der Waals surface area contributed by atoms with Crippen LogP contribution in [0.4, 0.5) is 0 Å². The van der Waals surface area contributed by atoms with Crippen molar-refractivity contribution in [1.82, 2.24) is 19.9 Å².